The average molecular weight is 515 g/mol. The molecule has 0 aliphatic heterocycles. The lowest BCUT2D eigenvalue weighted by molar-refractivity contribution is -0.138. The molecule has 0 spiro atoms. The molecule has 0 unspecified atom stereocenters. The fourth-order valence-electron chi connectivity index (χ4n) is 3.69. The zero-order valence-corrected chi connectivity index (χ0v) is 20.2. The molecule has 0 radical (unpaired) electrons. The second kappa shape index (κ2) is 12.0. The van der Waals surface area contributed by atoms with E-state index < -0.39 is 0 Å². The van der Waals surface area contributed by atoms with Crippen molar-refractivity contribution >= 4 is 41.8 Å². The molecule has 0 atom stereocenters. The lowest BCUT2D eigenvalue weighted by atomic mass is 9.84. The van der Waals surface area contributed by atoms with E-state index in [0.29, 0.717) is 31.2 Å². The van der Waals surface area contributed by atoms with Crippen LogP contribution in [-0.4, -0.2) is 56.9 Å². The van der Waals surface area contributed by atoms with Gasteiger partial charge in [-0.05, 0) is 37.5 Å². The van der Waals surface area contributed by atoms with Gasteiger partial charge < -0.3 is 20.9 Å². The van der Waals surface area contributed by atoms with Gasteiger partial charge in [-0.2, -0.15) is 0 Å². The van der Waals surface area contributed by atoms with Gasteiger partial charge >= 0.3 is 0 Å². The minimum Gasteiger partial charge on any atom is -0.355 e. The summed E-state index contributed by atoms with van der Waals surface area (Å²) < 4.78 is 0. The molecule has 1 fully saturated rings. The number of carbonyl (C=O) groups excluding carboxylic acids is 2. The van der Waals surface area contributed by atoms with E-state index in [9.17, 15) is 9.59 Å². The molecule has 1 aliphatic carbocycles. The normalized spacial score (nSPS) is 15.2. The number of halogens is 1. The van der Waals surface area contributed by atoms with Crippen molar-refractivity contribution < 1.29 is 9.59 Å². The van der Waals surface area contributed by atoms with Gasteiger partial charge in [0.1, 0.15) is 0 Å². The molecule has 29 heavy (non-hydrogen) atoms. The van der Waals surface area contributed by atoms with Crippen LogP contribution >= 0.6 is 24.0 Å². The number of nitrogens with zero attached hydrogens (tertiary/aromatic N) is 2. The molecule has 1 aliphatic rings. The van der Waals surface area contributed by atoms with Crippen LogP contribution in [0.25, 0.3) is 0 Å². The molecule has 1 aromatic rings. The second-order valence-electron chi connectivity index (χ2n) is 7.52. The zero-order valence-electron chi connectivity index (χ0n) is 17.9. The van der Waals surface area contributed by atoms with Gasteiger partial charge in [0, 0.05) is 46.3 Å². The lowest BCUT2D eigenvalue weighted by Crippen LogP contribution is -2.49. The molecule has 1 aromatic carbocycles. The number of hydrogen-bond donors (Lipinski definition) is 3. The minimum absolute atomic E-state index is 0. The Bertz CT molecular complexity index is 698. The first-order chi connectivity index (χ1) is 13.4. The van der Waals surface area contributed by atoms with E-state index in [0.717, 1.165) is 31.2 Å². The number of amides is 2. The maximum atomic E-state index is 12.7. The van der Waals surface area contributed by atoms with Crippen LogP contribution in [-0.2, 0) is 11.3 Å². The Balaban J connectivity index is 0.00000420. The van der Waals surface area contributed by atoms with Gasteiger partial charge in [-0.15, -0.1) is 24.0 Å². The fourth-order valence-corrected chi connectivity index (χ4v) is 3.69. The third-order valence-corrected chi connectivity index (χ3v) is 5.25. The molecular formula is C21H34IN5O2. The summed E-state index contributed by atoms with van der Waals surface area (Å²) in [7, 11) is 5.36. The first-order valence-corrected chi connectivity index (χ1v) is 9.95. The van der Waals surface area contributed by atoms with Crippen molar-refractivity contribution in [1.82, 2.24) is 20.9 Å². The number of guanidine groups is 1. The number of hydrogen-bond acceptors (Lipinski definition) is 3. The number of benzene rings is 1. The summed E-state index contributed by atoms with van der Waals surface area (Å²) >= 11 is 0. The number of aliphatic imine (C=N–C) groups is 1. The summed E-state index contributed by atoms with van der Waals surface area (Å²) in [4.78, 5) is 30.5. The SMILES string of the molecule is CCNC(=O)c1ccc(CNC(=NC)NCC2(C(=O)N(C)C)CCCC2)cc1.I. The molecule has 0 saturated heterocycles. The van der Waals surface area contributed by atoms with Crippen LogP contribution in [0.1, 0.15) is 48.5 Å². The fraction of sp³-hybridized carbons (Fsp3) is 0.571. The summed E-state index contributed by atoms with van der Waals surface area (Å²) in [5, 5.41) is 9.40. The van der Waals surface area contributed by atoms with Crippen LogP contribution in [0.4, 0.5) is 0 Å². The van der Waals surface area contributed by atoms with Crippen LogP contribution in [0.3, 0.4) is 0 Å². The summed E-state index contributed by atoms with van der Waals surface area (Å²) in [6.45, 7) is 3.68. The molecule has 0 bridgehead atoms. The third kappa shape index (κ3) is 6.87. The molecule has 162 valence electrons. The van der Waals surface area contributed by atoms with E-state index in [4.69, 9.17) is 0 Å². The largest absolute Gasteiger partial charge is 0.355 e. The van der Waals surface area contributed by atoms with Gasteiger partial charge in [0.15, 0.2) is 5.96 Å². The van der Waals surface area contributed by atoms with Gasteiger partial charge in [0.2, 0.25) is 5.91 Å². The Morgan fingerprint density at radius 1 is 1.07 bits per heavy atom. The first kappa shape index (κ1) is 25.2. The third-order valence-electron chi connectivity index (χ3n) is 5.25. The van der Waals surface area contributed by atoms with Gasteiger partial charge in [0.25, 0.3) is 5.91 Å². The molecular weight excluding hydrogens is 481 g/mol. The Labute approximate surface area is 191 Å². The number of nitrogens with one attached hydrogen (secondary N) is 3. The highest BCUT2D eigenvalue weighted by atomic mass is 127. The molecule has 1 saturated carbocycles. The summed E-state index contributed by atoms with van der Waals surface area (Å²) in [5.41, 5.74) is 1.37. The van der Waals surface area contributed by atoms with E-state index in [1.54, 1.807) is 11.9 Å². The van der Waals surface area contributed by atoms with Gasteiger partial charge in [-0.25, -0.2) is 0 Å². The van der Waals surface area contributed by atoms with Crippen LogP contribution in [0.5, 0.6) is 0 Å². The minimum atomic E-state index is -0.338. The number of rotatable bonds is 7. The highest BCUT2D eigenvalue weighted by Gasteiger charge is 2.42. The maximum absolute atomic E-state index is 12.7. The van der Waals surface area contributed by atoms with Crippen molar-refractivity contribution in [1.29, 1.82) is 0 Å². The van der Waals surface area contributed by atoms with Crippen LogP contribution in [0.2, 0.25) is 0 Å². The van der Waals surface area contributed by atoms with Crippen molar-refractivity contribution in [2.24, 2.45) is 10.4 Å². The van der Waals surface area contributed by atoms with Gasteiger partial charge in [-0.3, -0.25) is 14.6 Å². The molecule has 0 aromatic heterocycles. The predicted molar refractivity (Wildman–Crippen MR) is 128 cm³/mol. The summed E-state index contributed by atoms with van der Waals surface area (Å²) in [5.74, 6) is 0.798. The Hall–Kier alpha value is -1.84. The lowest BCUT2D eigenvalue weighted by Gasteiger charge is -2.31. The standard InChI is InChI=1S/C21H33N5O2.HI/c1-5-23-18(27)17-10-8-16(9-11-17)14-24-20(22-2)25-15-21(12-6-7-13-21)19(28)26(3)4;/h8-11H,5-7,12-15H2,1-4H3,(H,23,27)(H2,22,24,25);1H. The molecule has 2 amide bonds. The average Bonchev–Trinajstić information content (AvgIpc) is 3.18. The first-order valence-electron chi connectivity index (χ1n) is 9.95. The molecule has 2 rings (SSSR count). The van der Waals surface area contributed by atoms with E-state index in [2.05, 4.69) is 20.9 Å². The summed E-state index contributed by atoms with van der Waals surface area (Å²) in [6.07, 6.45) is 4.00. The Morgan fingerprint density at radius 3 is 2.21 bits per heavy atom. The van der Waals surface area contributed by atoms with Crippen molar-refractivity contribution in [3.05, 3.63) is 35.4 Å². The predicted octanol–water partition coefficient (Wildman–Crippen LogP) is 2.37. The van der Waals surface area contributed by atoms with Crippen molar-refractivity contribution in [2.45, 2.75) is 39.2 Å². The monoisotopic (exact) mass is 515 g/mol. The second-order valence-corrected chi connectivity index (χ2v) is 7.52. The van der Waals surface area contributed by atoms with Crippen molar-refractivity contribution in [3.63, 3.8) is 0 Å². The maximum Gasteiger partial charge on any atom is 0.251 e. The van der Waals surface area contributed by atoms with Crippen LogP contribution < -0.4 is 16.0 Å². The summed E-state index contributed by atoms with van der Waals surface area (Å²) in [6, 6.07) is 7.50. The Kier molecular flexibility index (Phi) is 10.4. The highest BCUT2D eigenvalue weighted by molar-refractivity contribution is 14.0. The van der Waals surface area contributed by atoms with Crippen LogP contribution in [0, 0.1) is 5.41 Å². The highest BCUT2D eigenvalue weighted by Crippen LogP contribution is 2.38. The quantitative estimate of drug-likeness (QED) is 0.296. The van der Waals surface area contributed by atoms with Crippen LogP contribution in [0.15, 0.2) is 29.3 Å². The van der Waals surface area contributed by atoms with E-state index >= 15 is 0 Å². The zero-order chi connectivity index (χ0) is 20.6. The van der Waals surface area contributed by atoms with Gasteiger partial charge in [-0.1, -0.05) is 25.0 Å². The number of carbonyl (C=O) groups is 2. The molecule has 3 N–H and O–H groups in total. The van der Waals surface area contributed by atoms with E-state index in [-0.39, 0.29) is 41.2 Å². The van der Waals surface area contributed by atoms with Crippen molar-refractivity contribution in [2.75, 3.05) is 34.2 Å². The van der Waals surface area contributed by atoms with Gasteiger partial charge in [0.05, 0.1) is 5.41 Å². The van der Waals surface area contributed by atoms with E-state index in [1.165, 1.54) is 0 Å². The topological polar surface area (TPSA) is 85.8 Å². The Morgan fingerprint density at radius 2 is 1.69 bits per heavy atom. The smallest absolute Gasteiger partial charge is 0.251 e. The molecule has 0 heterocycles. The van der Waals surface area contributed by atoms with E-state index in [1.807, 2.05) is 45.3 Å². The molecule has 8 heteroatoms. The molecule has 7 nitrogen and oxygen atoms in total. The van der Waals surface area contributed by atoms with Crippen molar-refractivity contribution in [3.8, 4) is 0 Å².